The Morgan fingerprint density at radius 1 is 0.826 bits per heavy atom. The van der Waals surface area contributed by atoms with Gasteiger partial charge in [-0.2, -0.15) is 0 Å². The molecule has 0 saturated carbocycles. The molecule has 0 spiro atoms. The highest BCUT2D eigenvalue weighted by molar-refractivity contribution is 7.16. The van der Waals surface area contributed by atoms with Crippen molar-refractivity contribution < 1.29 is 37.7 Å². The molecule has 0 saturated heterocycles. The van der Waals surface area contributed by atoms with E-state index in [2.05, 4.69) is 0 Å². The SMILES string of the molecule is COc1ccc(C(=O)N(C(=O)c2ccc(OC)c(OC)c2)c2nc(C3=CCC(OC)C=C3)c(Cc3ccc(F)cc3)s2)cc1OC. The highest BCUT2D eigenvalue weighted by Crippen LogP contribution is 2.37. The lowest BCUT2D eigenvalue weighted by Gasteiger charge is -2.20. The number of aromatic nitrogens is 1. The summed E-state index contributed by atoms with van der Waals surface area (Å²) in [6, 6.07) is 15.5. The molecule has 0 bridgehead atoms. The standard InChI is InChI=1S/C35H33FN2O7S/c1-41-26-14-8-22(9-15-26)32-31(18-21-6-12-25(36)13-7-21)46-35(37-32)38(33(39)23-10-16-27(42-2)29(19-23)44-4)34(40)24-11-17-28(43-3)30(20-24)45-5/h6-14,16-17,19-20,26H,15,18H2,1-5H3. The van der Waals surface area contributed by atoms with E-state index >= 15 is 0 Å². The lowest BCUT2D eigenvalue weighted by molar-refractivity contribution is 0.0897. The third-order valence-electron chi connectivity index (χ3n) is 7.46. The number of amides is 2. The highest BCUT2D eigenvalue weighted by atomic mass is 32.1. The summed E-state index contributed by atoms with van der Waals surface area (Å²) in [5, 5.41) is 0.162. The summed E-state index contributed by atoms with van der Waals surface area (Å²) >= 11 is 1.21. The van der Waals surface area contributed by atoms with Gasteiger partial charge in [-0.25, -0.2) is 14.3 Å². The largest absolute Gasteiger partial charge is 0.493 e. The average Bonchev–Trinajstić information content (AvgIpc) is 3.51. The van der Waals surface area contributed by atoms with Gasteiger partial charge >= 0.3 is 0 Å². The van der Waals surface area contributed by atoms with E-state index < -0.39 is 11.8 Å². The van der Waals surface area contributed by atoms with Gasteiger partial charge in [0.1, 0.15) is 5.82 Å². The van der Waals surface area contributed by atoms with Gasteiger partial charge in [-0.1, -0.05) is 30.4 Å². The Kier molecular flexibility index (Phi) is 10.1. The molecular formula is C35H33FN2O7S. The summed E-state index contributed by atoms with van der Waals surface area (Å²) < 4.78 is 40.8. The molecule has 1 atom stereocenters. The third kappa shape index (κ3) is 6.80. The first kappa shape index (κ1) is 32.4. The first-order chi connectivity index (χ1) is 22.3. The van der Waals surface area contributed by atoms with E-state index in [1.54, 1.807) is 43.5 Å². The van der Waals surface area contributed by atoms with Crippen LogP contribution in [0.3, 0.4) is 0 Å². The van der Waals surface area contributed by atoms with Crippen molar-refractivity contribution >= 4 is 33.9 Å². The Morgan fingerprint density at radius 3 is 1.87 bits per heavy atom. The number of carbonyl (C=O) groups is 2. The second-order valence-electron chi connectivity index (χ2n) is 10.2. The topological polar surface area (TPSA) is 96.4 Å². The predicted molar refractivity (Wildman–Crippen MR) is 174 cm³/mol. The summed E-state index contributed by atoms with van der Waals surface area (Å²) in [5.74, 6) is -0.0721. The lowest BCUT2D eigenvalue weighted by atomic mass is 10.00. The highest BCUT2D eigenvalue weighted by Gasteiger charge is 2.32. The minimum absolute atomic E-state index is 0.0721. The van der Waals surface area contributed by atoms with E-state index in [1.165, 1.54) is 64.0 Å². The Bertz CT molecular complexity index is 1730. The number of nitrogens with zero attached hydrogens (tertiary/aromatic N) is 2. The minimum Gasteiger partial charge on any atom is -0.493 e. The van der Waals surface area contributed by atoms with Crippen LogP contribution in [-0.4, -0.2) is 58.5 Å². The Morgan fingerprint density at radius 2 is 1.39 bits per heavy atom. The van der Waals surface area contributed by atoms with Crippen LogP contribution in [0, 0.1) is 5.82 Å². The summed E-state index contributed by atoms with van der Waals surface area (Å²) in [6.45, 7) is 0. The number of hydrogen-bond acceptors (Lipinski definition) is 9. The zero-order valence-electron chi connectivity index (χ0n) is 26.0. The molecule has 1 heterocycles. The van der Waals surface area contributed by atoms with E-state index in [9.17, 15) is 14.0 Å². The quantitative estimate of drug-likeness (QED) is 0.166. The van der Waals surface area contributed by atoms with Crippen molar-refractivity contribution in [1.29, 1.82) is 0 Å². The smallest absolute Gasteiger partial charge is 0.267 e. The van der Waals surface area contributed by atoms with Gasteiger partial charge < -0.3 is 23.7 Å². The van der Waals surface area contributed by atoms with E-state index in [-0.39, 0.29) is 28.2 Å². The zero-order valence-corrected chi connectivity index (χ0v) is 26.9. The number of ether oxygens (including phenoxy) is 5. The molecule has 2 amide bonds. The fourth-order valence-corrected chi connectivity index (χ4v) is 6.10. The molecule has 1 unspecified atom stereocenters. The maximum absolute atomic E-state index is 14.3. The van der Waals surface area contributed by atoms with Crippen LogP contribution in [0.25, 0.3) is 5.57 Å². The van der Waals surface area contributed by atoms with Crippen LogP contribution in [-0.2, 0) is 11.2 Å². The Balaban J connectivity index is 1.65. The van der Waals surface area contributed by atoms with Crippen LogP contribution in [0.15, 0.2) is 78.9 Å². The summed E-state index contributed by atoms with van der Waals surface area (Å²) in [5.41, 5.74) is 2.65. The molecule has 46 heavy (non-hydrogen) atoms. The van der Waals surface area contributed by atoms with Crippen LogP contribution < -0.4 is 23.8 Å². The molecule has 0 radical (unpaired) electrons. The van der Waals surface area contributed by atoms with Crippen molar-refractivity contribution in [2.24, 2.45) is 0 Å². The fraction of sp³-hybridized carbons (Fsp3) is 0.229. The van der Waals surface area contributed by atoms with Gasteiger partial charge in [0.25, 0.3) is 11.8 Å². The van der Waals surface area contributed by atoms with Crippen molar-refractivity contribution in [3.05, 3.63) is 112 Å². The van der Waals surface area contributed by atoms with E-state index in [0.717, 1.165) is 20.9 Å². The van der Waals surface area contributed by atoms with Gasteiger partial charge in [-0.15, -0.1) is 11.3 Å². The molecule has 0 N–H and O–H groups in total. The molecule has 1 aliphatic carbocycles. The van der Waals surface area contributed by atoms with Crippen LogP contribution in [0.2, 0.25) is 0 Å². The molecule has 1 aliphatic rings. The van der Waals surface area contributed by atoms with E-state index in [0.29, 0.717) is 41.5 Å². The number of benzene rings is 3. The second kappa shape index (κ2) is 14.4. The first-order valence-corrected chi connectivity index (χ1v) is 15.1. The molecule has 11 heteroatoms. The summed E-state index contributed by atoms with van der Waals surface area (Å²) in [6.07, 6.45) is 6.83. The number of hydrogen-bond donors (Lipinski definition) is 0. The average molecular weight is 645 g/mol. The number of anilines is 1. The molecule has 9 nitrogen and oxygen atoms in total. The number of allylic oxidation sites excluding steroid dienone is 2. The number of thiazole rings is 1. The van der Waals surface area contributed by atoms with Crippen molar-refractivity contribution in [3.63, 3.8) is 0 Å². The monoisotopic (exact) mass is 644 g/mol. The molecular weight excluding hydrogens is 611 g/mol. The minimum atomic E-state index is -0.623. The van der Waals surface area contributed by atoms with Crippen LogP contribution >= 0.6 is 11.3 Å². The molecule has 5 rings (SSSR count). The normalized spacial score (nSPS) is 14.0. The third-order valence-corrected chi connectivity index (χ3v) is 8.50. The number of halogens is 1. The Hall–Kier alpha value is -5.00. The van der Waals surface area contributed by atoms with Crippen molar-refractivity contribution in [2.75, 3.05) is 40.4 Å². The van der Waals surface area contributed by atoms with E-state index in [4.69, 9.17) is 28.7 Å². The van der Waals surface area contributed by atoms with Gasteiger partial charge in [0, 0.05) is 29.5 Å². The maximum atomic E-state index is 14.3. The number of rotatable bonds is 11. The van der Waals surface area contributed by atoms with Gasteiger partial charge in [-0.3, -0.25) is 9.59 Å². The first-order valence-electron chi connectivity index (χ1n) is 14.3. The molecule has 0 aliphatic heterocycles. The van der Waals surface area contributed by atoms with Crippen molar-refractivity contribution in [2.45, 2.75) is 18.9 Å². The maximum Gasteiger partial charge on any atom is 0.267 e. The molecule has 0 fully saturated rings. The molecule has 4 aromatic rings. The van der Waals surface area contributed by atoms with Crippen molar-refractivity contribution in [1.82, 2.24) is 4.98 Å². The van der Waals surface area contributed by atoms with Crippen LogP contribution in [0.1, 0.15) is 43.3 Å². The number of methoxy groups -OCH3 is 5. The van der Waals surface area contributed by atoms with E-state index in [1.807, 2.05) is 18.2 Å². The molecule has 3 aromatic carbocycles. The van der Waals surface area contributed by atoms with Crippen LogP contribution in [0.4, 0.5) is 9.52 Å². The van der Waals surface area contributed by atoms with Gasteiger partial charge in [0.2, 0.25) is 0 Å². The number of carbonyl (C=O) groups excluding carboxylic acids is 2. The second-order valence-corrected chi connectivity index (χ2v) is 11.2. The summed E-state index contributed by atoms with van der Waals surface area (Å²) in [4.78, 5) is 35.4. The lowest BCUT2D eigenvalue weighted by Crippen LogP contribution is -2.37. The zero-order chi connectivity index (χ0) is 32.8. The number of imide groups is 1. The Labute approximate surface area is 270 Å². The molecule has 1 aromatic heterocycles. The fourth-order valence-electron chi connectivity index (χ4n) is 4.98. The molecule has 238 valence electrons. The van der Waals surface area contributed by atoms with Crippen molar-refractivity contribution in [3.8, 4) is 23.0 Å². The van der Waals surface area contributed by atoms with Crippen LogP contribution in [0.5, 0.6) is 23.0 Å². The van der Waals surface area contributed by atoms with Gasteiger partial charge in [-0.05, 0) is 66.1 Å². The van der Waals surface area contributed by atoms with Gasteiger partial charge in [0.15, 0.2) is 28.1 Å². The van der Waals surface area contributed by atoms with Gasteiger partial charge in [0.05, 0.1) is 40.2 Å². The predicted octanol–water partition coefficient (Wildman–Crippen LogP) is 6.75. The summed E-state index contributed by atoms with van der Waals surface area (Å²) in [7, 11) is 7.57.